The molecule has 1 atom stereocenters. The van der Waals surface area contributed by atoms with Gasteiger partial charge in [0.25, 0.3) is 0 Å². The van der Waals surface area contributed by atoms with Gasteiger partial charge in [-0.2, -0.15) is 0 Å². The predicted molar refractivity (Wildman–Crippen MR) is 73.3 cm³/mol. The minimum absolute atomic E-state index is 0.319. The fourth-order valence-electron chi connectivity index (χ4n) is 1.86. The second kappa shape index (κ2) is 5.54. The van der Waals surface area contributed by atoms with Gasteiger partial charge in [-0.3, -0.25) is 0 Å². The topological polar surface area (TPSA) is 49.3 Å². The molecular weight excluding hydrogens is 282 g/mol. The highest BCUT2D eigenvalue weighted by Crippen LogP contribution is 2.24. The maximum Gasteiger partial charge on any atom is 0.329 e. The molecule has 1 rings (SSSR count). The lowest BCUT2D eigenvalue weighted by Crippen LogP contribution is -2.44. The lowest BCUT2D eigenvalue weighted by atomic mass is 9.90. The number of hydrogen-bond acceptors (Lipinski definition) is 2. The third-order valence-electron chi connectivity index (χ3n) is 2.55. The third-order valence-corrected chi connectivity index (χ3v) is 3.08. The van der Waals surface area contributed by atoms with Crippen molar-refractivity contribution in [1.82, 2.24) is 0 Å². The van der Waals surface area contributed by atoms with Gasteiger partial charge in [-0.1, -0.05) is 29.8 Å². The Morgan fingerprint density at radius 2 is 1.94 bits per heavy atom. The van der Waals surface area contributed by atoms with E-state index in [9.17, 15) is 9.90 Å². The summed E-state index contributed by atoms with van der Waals surface area (Å²) in [4.78, 5) is 11.4. The minimum Gasteiger partial charge on any atom is -0.480 e. The van der Waals surface area contributed by atoms with Crippen LogP contribution in [0.25, 0.3) is 0 Å². The van der Waals surface area contributed by atoms with E-state index in [1.165, 1.54) is 0 Å². The standard InChI is InChI=1S/C13H18BrNO2/c1-9(2)8-13(3,12(16)17)15-11-6-4-10(14)5-7-11/h4-7,9,15H,8H2,1-3H3,(H,16,17). The SMILES string of the molecule is CC(C)CC(C)(Nc1ccc(Br)cc1)C(=O)O. The Bertz CT molecular complexity index is 389. The van der Waals surface area contributed by atoms with E-state index < -0.39 is 11.5 Å². The van der Waals surface area contributed by atoms with E-state index in [4.69, 9.17) is 0 Å². The Labute approximate surface area is 110 Å². The quantitative estimate of drug-likeness (QED) is 0.870. The Balaban J connectivity index is 2.86. The first-order chi connectivity index (χ1) is 7.83. The van der Waals surface area contributed by atoms with Crippen molar-refractivity contribution < 1.29 is 9.90 Å². The van der Waals surface area contributed by atoms with E-state index in [1.807, 2.05) is 38.1 Å². The van der Waals surface area contributed by atoms with Gasteiger partial charge in [0.15, 0.2) is 0 Å². The summed E-state index contributed by atoms with van der Waals surface area (Å²) in [5.74, 6) is -0.506. The minimum atomic E-state index is -0.929. The summed E-state index contributed by atoms with van der Waals surface area (Å²) in [7, 11) is 0. The van der Waals surface area contributed by atoms with Crippen molar-refractivity contribution in [2.75, 3.05) is 5.32 Å². The normalized spacial score (nSPS) is 14.4. The molecular formula is C13H18BrNO2. The van der Waals surface area contributed by atoms with Crippen LogP contribution >= 0.6 is 15.9 Å². The van der Waals surface area contributed by atoms with Crippen molar-refractivity contribution in [2.45, 2.75) is 32.7 Å². The number of hydrogen-bond donors (Lipinski definition) is 2. The molecule has 0 saturated heterocycles. The molecule has 1 aromatic carbocycles. The summed E-state index contributed by atoms with van der Waals surface area (Å²) in [6.45, 7) is 5.76. The molecule has 0 aliphatic heterocycles. The van der Waals surface area contributed by atoms with E-state index >= 15 is 0 Å². The first-order valence-corrected chi connectivity index (χ1v) is 6.40. The second-order valence-corrected chi connectivity index (χ2v) is 5.78. The first-order valence-electron chi connectivity index (χ1n) is 5.60. The Kier molecular flexibility index (Phi) is 4.57. The average Bonchev–Trinajstić information content (AvgIpc) is 2.20. The molecule has 2 N–H and O–H groups in total. The van der Waals surface area contributed by atoms with Crippen LogP contribution in [-0.4, -0.2) is 16.6 Å². The molecule has 0 fully saturated rings. The Hall–Kier alpha value is -1.03. The van der Waals surface area contributed by atoms with Crippen molar-refractivity contribution in [3.63, 3.8) is 0 Å². The van der Waals surface area contributed by atoms with E-state index in [0.29, 0.717) is 12.3 Å². The van der Waals surface area contributed by atoms with Crippen LogP contribution in [0.4, 0.5) is 5.69 Å². The number of carbonyl (C=O) groups is 1. The monoisotopic (exact) mass is 299 g/mol. The highest BCUT2D eigenvalue weighted by atomic mass is 79.9. The molecule has 1 aromatic rings. The van der Waals surface area contributed by atoms with Gasteiger partial charge >= 0.3 is 5.97 Å². The number of benzene rings is 1. The summed E-state index contributed by atoms with van der Waals surface area (Å²) in [6.07, 6.45) is 0.582. The lowest BCUT2D eigenvalue weighted by Gasteiger charge is -2.29. The van der Waals surface area contributed by atoms with Crippen LogP contribution in [-0.2, 0) is 4.79 Å². The molecule has 0 aliphatic carbocycles. The van der Waals surface area contributed by atoms with Crippen molar-refractivity contribution >= 4 is 27.6 Å². The van der Waals surface area contributed by atoms with E-state index in [-0.39, 0.29) is 0 Å². The number of halogens is 1. The zero-order chi connectivity index (χ0) is 13.1. The molecule has 3 nitrogen and oxygen atoms in total. The summed E-state index contributed by atoms with van der Waals surface area (Å²) < 4.78 is 0.976. The molecule has 0 heterocycles. The average molecular weight is 300 g/mol. The van der Waals surface area contributed by atoms with Gasteiger partial charge in [-0.25, -0.2) is 4.79 Å². The number of nitrogens with one attached hydrogen (secondary N) is 1. The molecule has 1 unspecified atom stereocenters. The maximum atomic E-state index is 11.4. The Morgan fingerprint density at radius 1 is 1.41 bits per heavy atom. The van der Waals surface area contributed by atoms with Gasteiger partial charge < -0.3 is 10.4 Å². The van der Waals surface area contributed by atoms with Crippen molar-refractivity contribution in [3.05, 3.63) is 28.7 Å². The molecule has 0 amide bonds. The third kappa shape index (κ3) is 4.04. The maximum absolute atomic E-state index is 11.4. The number of aliphatic carboxylic acids is 1. The number of carboxylic acid groups (broad SMARTS) is 1. The van der Waals surface area contributed by atoms with E-state index in [2.05, 4.69) is 21.2 Å². The number of anilines is 1. The van der Waals surface area contributed by atoms with Crippen LogP contribution in [0.15, 0.2) is 28.7 Å². The summed E-state index contributed by atoms with van der Waals surface area (Å²) in [5, 5.41) is 12.4. The zero-order valence-electron chi connectivity index (χ0n) is 10.3. The summed E-state index contributed by atoms with van der Waals surface area (Å²) in [5.41, 5.74) is -0.110. The highest BCUT2D eigenvalue weighted by molar-refractivity contribution is 9.10. The van der Waals surface area contributed by atoms with E-state index in [0.717, 1.165) is 10.2 Å². The molecule has 17 heavy (non-hydrogen) atoms. The summed E-state index contributed by atoms with van der Waals surface area (Å²) >= 11 is 3.35. The molecule has 0 bridgehead atoms. The van der Waals surface area contributed by atoms with Gasteiger partial charge in [0.05, 0.1) is 0 Å². The smallest absolute Gasteiger partial charge is 0.329 e. The highest BCUT2D eigenvalue weighted by Gasteiger charge is 2.33. The lowest BCUT2D eigenvalue weighted by molar-refractivity contribution is -0.142. The van der Waals surface area contributed by atoms with E-state index in [1.54, 1.807) is 6.92 Å². The second-order valence-electron chi connectivity index (χ2n) is 4.87. The van der Waals surface area contributed by atoms with Crippen molar-refractivity contribution in [2.24, 2.45) is 5.92 Å². The predicted octanol–water partition coefficient (Wildman–Crippen LogP) is 3.75. The van der Waals surface area contributed by atoms with Gasteiger partial charge in [0, 0.05) is 10.2 Å². The van der Waals surface area contributed by atoms with Crippen molar-refractivity contribution in [3.8, 4) is 0 Å². The molecule has 0 aromatic heterocycles. The Morgan fingerprint density at radius 3 is 2.35 bits per heavy atom. The van der Waals surface area contributed by atoms with Crippen LogP contribution < -0.4 is 5.32 Å². The van der Waals surface area contributed by atoms with Crippen LogP contribution in [0.2, 0.25) is 0 Å². The zero-order valence-corrected chi connectivity index (χ0v) is 11.9. The number of carboxylic acids is 1. The first kappa shape index (κ1) is 14.0. The molecule has 94 valence electrons. The largest absolute Gasteiger partial charge is 0.480 e. The molecule has 4 heteroatoms. The molecule has 0 aliphatic rings. The van der Waals surface area contributed by atoms with Gasteiger partial charge in [0.2, 0.25) is 0 Å². The van der Waals surface area contributed by atoms with Crippen LogP contribution in [0, 0.1) is 5.92 Å². The van der Waals surface area contributed by atoms with Crippen molar-refractivity contribution in [1.29, 1.82) is 0 Å². The fourth-order valence-corrected chi connectivity index (χ4v) is 2.12. The number of rotatable bonds is 5. The summed E-state index contributed by atoms with van der Waals surface area (Å²) in [6, 6.07) is 7.51. The van der Waals surface area contributed by atoms with Crippen LogP contribution in [0.1, 0.15) is 27.2 Å². The molecule has 0 radical (unpaired) electrons. The molecule has 0 spiro atoms. The van der Waals surface area contributed by atoms with Gasteiger partial charge in [-0.15, -0.1) is 0 Å². The fraction of sp³-hybridized carbons (Fsp3) is 0.462. The van der Waals surface area contributed by atoms with Crippen LogP contribution in [0.5, 0.6) is 0 Å². The molecule has 0 saturated carbocycles. The van der Waals surface area contributed by atoms with Gasteiger partial charge in [-0.05, 0) is 43.5 Å². The van der Waals surface area contributed by atoms with Crippen LogP contribution in [0.3, 0.4) is 0 Å². The van der Waals surface area contributed by atoms with Gasteiger partial charge in [0.1, 0.15) is 5.54 Å².